The van der Waals surface area contributed by atoms with E-state index in [4.69, 9.17) is 5.73 Å². The zero-order valence-corrected chi connectivity index (χ0v) is 12.5. The van der Waals surface area contributed by atoms with Crippen molar-refractivity contribution in [1.29, 1.82) is 0 Å². The summed E-state index contributed by atoms with van der Waals surface area (Å²) in [7, 11) is 0. The molecule has 0 spiro atoms. The Morgan fingerprint density at radius 1 is 1.38 bits per heavy atom. The van der Waals surface area contributed by atoms with Gasteiger partial charge in [-0.05, 0) is 43.5 Å². The van der Waals surface area contributed by atoms with E-state index < -0.39 is 6.61 Å². The highest BCUT2D eigenvalue weighted by molar-refractivity contribution is 5.94. The maximum atomic E-state index is 12.2. The number of nitrogens with zero attached hydrogens (tertiary/aromatic N) is 1. The summed E-state index contributed by atoms with van der Waals surface area (Å²) in [6.45, 7) is 0.406. The van der Waals surface area contributed by atoms with E-state index in [-0.39, 0.29) is 30.1 Å². The molecule has 1 amide bonds. The molecule has 7 heteroatoms. The first-order valence-electron chi connectivity index (χ1n) is 6.57. The largest absolute Gasteiger partial charge is 0.435 e. The van der Waals surface area contributed by atoms with Gasteiger partial charge < -0.3 is 15.4 Å². The Morgan fingerprint density at radius 3 is 2.48 bits per heavy atom. The summed E-state index contributed by atoms with van der Waals surface area (Å²) in [6.07, 6.45) is 0.899. The van der Waals surface area contributed by atoms with Gasteiger partial charge in [0.1, 0.15) is 5.75 Å². The van der Waals surface area contributed by atoms with Crippen LogP contribution in [0.25, 0.3) is 0 Å². The van der Waals surface area contributed by atoms with Gasteiger partial charge >= 0.3 is 6.61 Å². The first-order valence-corrected chi connectivity index (χ1v) is 6.57. The number of amides is 1. The Kier molecular flexibility index (Phi) is 6.36. The number of rotatable bonds is 4. The molecule has 2 atom stereocenters. The molecule has 1 aromatic rings. The summed E-state index contributed by atoms with van der Waals surface area (Å²) in [4.78, 5) is 14.0. The summed E-state index contributed by atoms with van der Waals surface area (Å²) >= 11 is 0. The highest BCUT2D eigenvalue weighted by Crippen LogP contribution is 2.22. The average Bonchev–Trinajstić information content (AvgIpc) is 2.88. The van der Waals surface area contributed by atoms with Crippen LogP contribution in [0.3, 0.4) is 0 Å². The van der Waals surface area contributed by atoms with Gasteiger partial charge in [0.2, 0.25) is 0 Å². The van der Waals surface area contributed by atoms with Gasteiger partial charge in [-0.2, -0.15) is 8.78 Å². The van der Waals surface area contributed by atoms with Crippen molar-refractivity contribution in [2.24, 2.45) is 11.7 Å². The Hall–Kier alpha value is -1.40. The minimum Gasteiger partial charge on any atom is -0.435 e. The van der Waals surface area contributed by atoms with E-state index in [9.17, 15) is 13.6 Å². The molecule has 1 saturated heterocycles. The number of alkyl halides is 2. The lowest BCUT2D eigenvalue weighted by atomic mass is 10.0. The van der Waals surface area contributed by atoms with Gasteiger partial charge in [-0.25, -0.2) is 0 Å². The Morgan fingerprint density at radius 2 is 2.00 bits per heavy atom. The smallest absolute Gasteiger partial charge is 0.387 e. The predicted octanol–water partition coefficient (Wildman–Crippen LogP) is 2.52. The lowest BCUT2D eigenvalue weighted by molar-refractivity contribution is -0.0498. The fourth-order valence-corrected chi connectivity index (χ4v) is 2.36. The van der Waals surface area contributed by atoms with Gasteiger partial charge in [-0.3, -0.25) is 4.79 Å². The van der Waals surface area contributed by atoms with Crippen LogP contribution in [0.15, 0.2) is 24.3 Å². The average molecular weight is 321 g/mol. The van der Waals surface area contributed by atoms with Crippen molar-refractivity contribution in [3.63, 3.8) is 0 Å². The molecule has 0 aliphatic carbocycles. The first-order chi connectivity index (χ1) is 9.47. The first kappa shape index (κ1) is 17.7. The summed E-state index contributed by atoms with van der Waals surface area (Å²) in [5, 5.41) is 0. The molecule has 21 heavy (non-hydrogen) atoms. The van der Waals surface area contributed by atoms with Crippen LogP contribution in [-0.2, 0) is 0 Å². The highest BCUT2D eigenvalue weighted by Gasteiger charge is 2.28. The molecule has 0 bridgehead atoms. The molecule has 0 radical (unpaired) electrons. The molecule has 2 rings (SSSR count). The third kappa shape index (κ3) is 4.54. The monoisotopic (exact) mass is 320 g/mol. The third-order valence-electron chi connectivity index (χ3n) is 3.58. The highest BCUT2D eigenvalue weighted by atomic mass is 35.5. The number of hydrogen-bond donors (Lipinski definition) is 1. The molecule has 2 N–H and O–H groups in total. The number of likely N-dealkylation sites (tertiary alicyclic amines) is 1. The minimum atomic E-state index is -2.86. The summed E-state index contributed by atoms with van der Waals surface area (Å²) in [5.74, 6) is 0.267. The summed E-state index contributed by atoms with van der Waals surface area (Å²) in [6, 6.07) is 5.81. The van der Waals surface area contributed by atoms with Crippen LogP contribution in [0.5, 0.6) is 5.75 Å². The fraction of sp³-hybridized carbons (Fsp3) is 0.500. The fourth-order valence-electron chi connectivity index (χ4n) is 2.36. The van der Waals surface area contributed by atoms with Crippen molar-refractivity contribution < 1.29 is 18.3 Å². The van der Waals surface area contributed by atoms with Crippen molar-refractivity contribution in [1.82, 2.24) is 4.90 Å². The van der Waals surface area contributed by atoms with Crippen molar-refractivity contribution in [3.8, 4) is 5.75 Å². The summed E-state index contributed by atoms with van der Waals surface area (Å²) in [5.41, 5.74) is 6.31. The second-order valence-corrected chi connectivity index (χ2v) is 5.06. The Bertz CT molecular complexity index is 469. The SMILES string of the molecule is CC(N)C1CCN(C(=O)c2ccc(OC(F)F)cc2)C1.Cl. The van der Waals surface area contributed by atoms with Gasteiger partial charge in [-0.15, -0.1) is 12.4 Å². The maximum Gasteiger partial charge on any atom is 0.387 e. The van der Waals surface area contributed by atoms with E-state index in [1.165, 1.54) is 24.3 Å². The van der Waals surface area contributed by atoms with Gasteiger partial charge in [0.15, 0.2) is 0 Å². The molecular formula is C14H19ClF2N2O2. The third-order valence-corrected chi connectivity index (χ3v) is 3.58. The van der Waals surface area contributed by atoms with E-state index in [0.717, 1.165) is 6.42 Å². The van der Waals surface area contributed by atoms with Crippen LogP contribution < -0.4 is 10.5 Å². The number of carbonyl (C=O) groups excluding carboxylic acids is 1. The van der Waals surface area contributed by atoms with Crippen molar-refractivity contribution in [2.75, 3.05) is 13.1 Å². The number of benzene rings is 1. The molecule has 1 aliphatic rings. The second-order valence-electron chi connectivity index (χ2n) is 5.06. The molecule has 0 aromatic heterocycles. The molecular weight excluding hydrogens is 302 g/mol. The maximum absolute atomic E-state index is 12.2. The Labute approximate surface area is 128 Å². The van der Waals surface area contributed by atoms with Crippen molar-refractivity contribution >= 4 is 18.3 Å². The lowest BCUT2D eigenvalue weighted by Crippen LogP contribution is -2.32. The van der Waals surface area contributed by atoms with Gasteiger partial charge in [-0.1, -0.05) is 0 Å². The van der Waals surface area contributed by atoms with Gasteiger partial charge in [0.25, 0.3) is 5.91 Å². The van der Waals surface area contributed by atoms with Crippen molar-refractivity contribution in [2.45, 2.75) is 26.0 Å². The van der Waals surface area contributed by atoms with Gasteiger partial charge in [0.05, 0.1) is 0 Å². The molecule has 1 fully saturated rings. The van der Waals surface area contributed by atoms with E-state index in [0.29, 0.717) is 24.6 Å². The second kappa shape index (κ2) is 7.56. The van der Waals surface area contributed by atoms with Crippen LogP contribution in [0.4, 0.5) is 8.78 Å². The van der Waals surface area contributed by atoms with E-state index in [1.807, 2.05) is 6.92 Å². The number of carbonyl (C=O) groups is 1. The number of ether oxygens (including phenoxy) is 1. The molecule has 0 saturated carbocycles. The lowest BCUT2D eigenvalue weighted by Gasteiger charge is -2.18. The molecule has 1 heterocycles. The standard InChI is InChI=1S/C14H18F2N2O2.ClH/c1-9(17)11-6-7-18(8-11)13(19)10-2-4-12(5-3-10)20-14(15)16;/h2-5,9,11,14H,6-8,17H2,1H3;1H. The molecule has 118 valence electrons. The van der Waals surface area contributed by atoms with Crippen LogP contribution in [0.2, 0.25) is 0 Å². The number of halogens is 3. The molecule has 1 aliphatic heterocycles. The summed E-state index contributed by atoms with van der Waals surface area (Å²) < 4.78 is 28.3. The van der Waals surface area contributed by atoms with E-state index in [2.05, 4.69) is 4.74 Å². The Balaban J connectivity index is 0.00000220. The molecule has 1 aromatic carbocycles. The predicted molar refractivity (Wildman–Crippen MR) is 78.0 cm³/mol. The molecule has 2 unspecified atom stereocenters. The van der Waals surface area contributed by atoms with Gasteiger partial charge in [0, 0.05) is 24.7 Å². The van der Waals surface area contributed by atoms with Crippen molar-refractivity contribution in [3.05, 3.63) is 29.8 Å². The topological polar surface area (TPSA) is 55.6 Å². The van der Waals surface area contributed by atoms with E-state index in [1.54, 1.807) is 4.90 Å². The van der Waals surface area contributed by atoms with E-state index >= 15 is 0 Å². The zero-order chi connectivity index (χ0) is 14.7. The van der Waals surface area contributed by atoms with Crippen LogP contribution in [-0.4, -0.2) is 36.5 Å². The van der Waals surface area contributed by atoms with Crippen LogP contribution >= 0.6 is 12.4 Å². The van der Waals surface area contributed by atoms with Crippen LogP contribution in [0.1, 0.15) is 23.7 Å². The normalized spacial score (nSPS) is 19.3. The number of nitrogens with two attached hydrogens (primary N) is 1. The zero-order valence-electron chi connectivity index (χ0n) is 11.7. The van der Waals surface area contributed by atoms with Crippen LogP contribution in [0, 0.1) is 5.92 Å². The minimum absolute atomic E-state index is 0. The molecule has 4 nitrogen and oxygen atoms in total. The number of hydrogen-bond acceptors (Lipinski definition) is 3. The quantitative estimate of drug-likeness (QED) is 0.927.